The molecule has 1 aliphatic rings. The summed E-state index contributed by atoms with van der Waals surface area (Å²) in [4.78, 5) is 42.3. The van der Waals surface area contributed by atoms with Crippen LogP contribution in [0.3, 0.4) is 0 Å². The lowest BCUT2D eigenvalue weighted by Crippen LogP contribution is -2.53. The number of hydrogen-bond donors (Lipinski definition) is 3. The van der Waals surface area contributed by atoms with E-state index < -0.39 is 55.6 Å². The molecule has 16 heteroatoms. The SMILES string of the molecule is CC(C)(C)C[C@H]1CCN(S(=O)(=O)c2cccc(S(C)(=O)=O)c2)[C@@H]1C(=O)N[C@@H](Cc1ccc(NC(=O)c2c(Cl)cncc2Cl)cc1)C(=O)O. The number of aliphatic carboxylic acids is 1. The predicted molar refractivity (Wildman–Crippen MR) is 181 cm³/mol. The number of amides is 2. The van der Waals surface area contributed by atoms with Gasteiger partial charge in [0.25, 0.3) is 5.91 Å². The molecule has 2 heterocycles. The number of rotatable bonds is 11. The van der Waals surface area contributed by atoms with Gasteiger partial charge in [-0.3, -0.25) is 14.6 Å². The number of nitrogens with zero attached hydrogens (tertiary/aromatic N) is 2. The molecule has 0 bridgehead atoms. The largest absolute Gasteiger partial charge is 0.480 e. The summed E-state index contributed by atoms with van der Waals surface area (Å²) in [5.41, 5.74) is 0.652. The van der Waals surface area contributed by atoms with Gasteiger partial charge in [0, 0.05) is 37.3 Å². The average molecular weight is 740 g/mol. The van der Waals surface area contributed by atoms with E-state index in [-0.39, 0.29) is 43.8 Å². The maximum atomic E-state index is 13.9. The number of sulfone groups is 1. The number of carbonyl (C=O) groups excluding carboxylic acids is 2. The number of nitrogens with one attached hydrogen (secondary N) is 2. The van der Waals surface area contributed by atoms with Crippen molar-refractivity contribution in [2.45, 2.75) is 61.9 Å². The van der Waals surface area contributed by atoms with Crippen LogP contribution in [0.15, 0.2) is 70.7 Å². The summed E-state index contributed by atoms with van der Waals surface area (Å²) in [5, 5.41) is 15.4. The van der Waals surface area contributed by atoms with Crippen LogP contribution in [0.25, 0.3) is 0 Å². The van der Waals surface area contributed by atoms with Gasteiger partial charge in [-0.05, 0) is 60.1 Å². The van der Waals surface area contributed by atoms with Gasteiger partial charge in [-0.1, -0.05) is 62.2 Å². The van der Waals surface area contributed by atoms with E-state index in [2.05, 4.69) is 15.6 Å². The number of benzene rings is 2. The number of anilines is 1. The molecule has 2 amide bonds. The normalized spacial score (nSPS) is 17.9. The summed E-state index contributed by atoms with van der Waals surface area (Å²) in [6.45, 7) is 5.87. The van der Waals surface area contributed by atoms with Gasteiger partial charge in [-0.25, -0.2) is 21.6 Å². The summed E-state index contributed by atoms with van der Waals surface area (Å²) < 4.78 is 53.1. The molecular formula is C32H36Cl2N4O8S2. The van der Waals surface area contributed by atoms with E-state index in [4.69, 9.17) is 23.2 Å². The van der Waals surface area contributed by atoms with Crippen molar-refractivity contribution in [2.24, 2.45) is 11.3 Å². The number of pyridine rings is 1. The van der Waals surface area contributed by atoms with E-state index >= 15 is 0 Å². The number of carboxylic acids is 1. The Hall–Kier alpha value is -3.56. The predicted octanol–water partition coefficient (Wildman–Crippen LogP) is 4.67. The van der Waals surface area contributed by atoms with Crippen molar-refractivity contribution in [1.82, 2.24) is 14.6 Å². The first-order valence-electron chi connectivity index (χ1n) is 14.8. The van der Waals surface area contributed by atoms with Gasteiger partial charge >= 0.3 is 5.97 Å². The molecule has 0 spiro atoms. The highest BCUT2D eigenvalue weighted by molar-refractivity contribution is 7.91. The fourth-order valence-electron chi connectivity index (χ4n) is 5.68. The fourth-order valence-corrected chi connectivity index (χ4v) is 8.67. The lowest BCUT2D eigenvalue weighted by atomic mass is 9.81. The standard InChI is InChI=1S/C32H36Cl2N4O8S2/c1-32(2,3)16-20-12-13-38(48(45,46)23-7-5-6-22(15-23)47(4,43)44)28(20)30(40)37-26(31(41)42)14-19-8-10-21(11-9-19)36-29(39)27-24(33)17-35-18-25(27)34/h5-11,15,17-18,20,26,28H,12-14,16H2,1-4H3,(H,36,39)(H,37,40)(H,41,42)/t20-,26+,28+/m1/s1. The molecule has 3 atom stereocenters. The minimum atomic E-state index is -4.35. The Morgan fingerprint density at radius 3 is 2.17 bits per heavy atom. The van der Waals surface area contributed by atoms with E-state index in [0.717, 1.165) is 16.6 Å². The number of sulfonamides is 1. The quantitative estimate of drug-likeness (QED) is 0.252. The molecule has 1 aliphatic heterocycles. The minimum absolute atomic E-state index is 0.00882. The lowest BCUT2D eigenvalue weighted by molar-refractivity contribution is -0.142. The first kappa shape index (κ1) is 37.3. The Balaban J connectivity index is 1.56. The van der Waals surface area contributed by atoms with E-state index in [1.165, 1.54) is 30.6 Å². The number of carboxylic acid groups (broad SMARTS) is 1. The van der Waals surface area contributed by atoms with Crippen molar-refractivity contribution < 1.29 is 36.3 Å². The average Bonchev–Trinajstić information content (AvgIpc) is 3.40. The van der Waals surface area contributed by atoms with Crippen molar-refractivity contribution >= 4 is 66.5 Å². The maximum Gasteiger partial charge on any atom is 0.326 e. The van der Waals surface area contributed by atoms with Crippen LogP contribution in [0.1, 0.15) is 49.5 Å². The van der Waals surface area contributed by atoms with Gasteiger partial charge in [0.1, 0.15) is 12.1 Å². The second-order valence-corrected chi connectivity index (χ2v) is 17.6. The van der Waals surface area contributed by atoms with Crippen LogP contribution in [0.4, 0.5) is 5.69 Å². The number of hydrogen-bond acceptors (Lipinski definition) is 8. The molecular weight excluding hydrogens is 703 g/mol. The van der Waals surface area contributed by atoms with Gasteiger partial charge in [-0.15, -0.1) is 0 Å². The molecule has 48 heavy (non-hydrogen) atoms. The van der Waals surface area contributed by atoms with Crippen LogP contribution in [-0.4, -0.2) is 73.9 Å². The van der Waals surface area contributed by atoms with Gasteiger partial charge < -0.3 is 15.7 Å². The Labute approximate surface area is 289 Å². The van der Waals surface area contributed by atoms with Gasteiger partial charge in [0.15, 0.2) is 9.84 Å². The van der Waals surface area contributed by atoms with Crippen LogP contribution in [0.2, 0.25) is 10.0 Å². The van der Waals surface area contributed by atoms with Gasteiger partial charge in [0.2, 0.25) is 15.9 Å². The zero-order valence-corrected chi connectivity index (χ0v) is 29.8. The lowest BCUT2D eigenvalue weighted by Gasteiger charge is -2.31. The van der Waals surface area contributed by atoms with Crippen molar-refractivity contribution in [2.75, 3.05) is 18.1 Å². The minimum Gasteiger partial charge on any atom is -0.480 e. The molecule has 3 aromatic rings. The van der Waals surface area contributed by atoms with Crippen LogP contribution < -0.4 is 10.6 Å². The second kappa shape index (κ2) is 14.5. The summed E-state index contributed by atoms with van der Waals surface area (Å²) in [6, 6.07) is 8.54. The zero-order chi connectivity index (χ0) is 35.6. The molecule has 3 N–H and O–H groups in total. The number of carbonyl (C=O) groups is 3. The monoisotopic (exact) mass is 738 g/mol. The third-order valence-electron chi connectivity index (χ3n) is 7.81. The molecule has 1 aromatic heterocycles. The molecule has 1 fully saturated rings. The van der Waals surface area contributed by atoms with Crippen LogP contribution >= 0.6 is 23.2 Å². The van der Waals surface area contributed by atoms with Gasteiger partial charge in [-0.2, -0.15) is 4.31 Å². The Morgan fingerprint density at radius 1 is 1.00 bits per heavy atom. The molecule has 258 valence electrons. The number of aromatic nitrogens is 1. The molecule has 4 rings (SSSR count). The Kier molecular flexibility index (Phi) is 11.3. The second-order valence-electron chi connectivity index (χ2n) is 12.9. The molecule has 0 saturated carbocycles. The topological polar surface area (TPSA) is 180 Å². The summed E-state index contributed by atoms with van der Waals surface area (Å²) >= 11 is 12.1. The van der Waals surface area contributed by atoms with Crippen molar-refractivity contribution in [1.29, 1.82) is 0 Å². The van der Waals surface area contributed by atoms with Crippen molar-refractivity contribution in [3.05, 3.63) is 82.1 Å². The highest BCUT2D eigenvalue weighted by Gasteiger charge is 2.47. The number of halogens is 2. The van der Waals surface area contributed by atoms with Gasteiger partial charge in [0.05, 0.1) is 25.4 Å². The first-order valence-corrected chi connectivity index (χ1v) is 18.9. The highest BCUT2D eigenvalue weighted by Crippen LogP contribution is 2.38. The first-order chi connectivity index (χ1) is 22.3. The summed E-state index contributed by atoms with van der Waals surface area (Å²) in [6.07, 6.45) is 4.22. The Morgan fingerprint density at radius 2 is 1.60 bits per heavy atom. The van der Waals surface area contributed by atoms with E-state index in [1.807, 2.05) is 20.8 Å². The molecule has 0 aliphatic carbocycles. The molecule has 2 aromatic carbocycles. The Bertz CT molecular complexity index is 1910. The molecule has 0 unspecified atom stereocenters. The van der Waals surface area contributed by atoms with Crippen molar-refractivity contribution in [3.63, 3.8) is 0 Å². The van der Waals surface area contributed by atoms with Crippen LogP contribution in [0.5, 0.6) is 0 Å². The van der Waals surface area contributed by atoms with Crippen molar-refractivity contribution in [3.8, 4) is 0 Å². The van der Waals surface area contributed by atoms with Crippen LogP contribution in [0, 0.1) is 11.3 Å². The highest BCUT2D eigenvalue weighted by atomic mass is 35.5. The smallest absolute Gasteiger partial charge is 0.326 e. The molecule has 1 saturated heterocycles. The molecule has 12 nitrogen and oxygen atoms in total. The zero-order valence-electron chi connectivity index (χ0n) is 26.6. The maximum absolute atomic E-state index is 13.9. The van der Waals surface area contributed by atoms with Crippen LogP contribution in [-0.2, 0) is 35.9 Å². The summed E-state index contributed by atoms with van der Waals surface area (Å²) in [7, 11) is -8.07. The fraction of sp³-hybridized carbons (Fsp3) is 0.375. The van der Waals surface area contributed by atoms with E-state index in [0.29, 0.717) is 24.1 Å². The summed E-state index contributed by atoms with van der Waals surface area (Å²) in [5.74, 6) is -3.10. The third-order valence-corrected chi connectivity index (χ3v) is 11.4. The molecule has 0 radical (unpaired) electrons. The van der Waals surface area contributed by atoms with E-state index in [9.17, 15) is 36.3 Å². The van der Waals surface area contributed by atoms with E-state index in [1.54, 1.807) is 24.3 Å². The third kappa shape index (κ3) is 8.91.